The minimum absolute atomic E-state index is 1.06. The van der Waals surface area contributed by atoms with Gasteiger partial charge in [0.05, 0.1) is 0 Å². The van der Waals surface area contributed by atoms with E-state index in [0.29, 0.717) is 0 Å². The predicted octanol–water partition coefficient (Wildman–Crippen LogP) is 2.69. The normalized spacial score (nSPS) is 63.9. The third-order valence-corrected chi connectivity index (χ3v) is 4.02. The lowest BCUT2D eigenvalue weighted by Crippen LogP contribution is -2.03. The van der Waals surface area contributed by atoms with E-state index in [2.05, 4.69) is 6.92 Å². The van der Waals surface area contributed by atoms with Crippen molar-refractivity contribution in [3.63, 3.8) is 0 Å². The first-order chi connectivity index (χ1) is 4.86. The van der Waals surface area contributed by atoms with Gasteiger partial charge >= 0.3 is 0 Å². The van der Waals surface area contributed by atoms with Crippen molar-refractivity contribution >= 4 is 0 Å². The molecule has 0 bridgehead atoms. The van der Waals surface area contributed by atoms with Gasteiger partial charge in [-0.1, -0.05) is 13.3 Å². The molecule has 0 aromatic heterocycles. The van der Waals surface area contributed by atoms with Gasteiger partial charge in [0.2, 0.25) is 0 Å². The van der Waals surface area contributed by atoms with Crippen molar-refractivity contribution < 1.29 is 0 Å². The van der Waals surface area contributed by atoms with E-state index in [0.717, 1.165) is 5.92 Å². The molecule has 0 N–H and O–H groups in total. The van der Waals surface area contributed by atoms with Gasteiger partial charge in [-0.15, -0.1) is 0 Å². The first kappa shape index (κ1) is 5.62. The first-order valence-electron chi connectivity index (χ1n) is 4.86. The van der Waals surface area contributed by atoms with Crippen LogP contribution in [-0.2, 0) is 0 Å². The highest BCUT2D eigenvalue weighted by Crippen LogP contribution is 2.72. The molecule has 3 rings (SSSR count). The third kappa shape index (κ3) is 0.627. The zero-order valence-electron chi connectivity index (χ0n) is 6.72. The maximum Gasteiger partial charge on any atom is -0.0323 e. The average Bonchev–Trinajstić information content (AvgIpc) is 2.69. The molecule has 3 aliphatic carbocycles. The molecule has 0 spiro atoms. The Morgan fingerprint density at radius 2 is 1.80 bits per heavy atom. The summed E-state index contributed by atoms with van der Waals surface area (Å²) in [6.07, 6.45) is 6.27. The lowest BCUT2D eigenvalue weighted by Gasteiger charge is -2.11. The standard InChI is InChI=1S/C10H16/c1-6-2-3-7(4-6)10-8-5-9(8)10/h6-10H,2-5H2,1H3. The summed E-state index contributed by atoms with van der Waals surface area (Å²) in [5.41, 5.74) is 0. The number of hydrogen-bond donors (Lipinski definition) is 0. The minimum atomic E-state index is 1.06. The Morgan fingerprint density at radius 1 is 1.00 bits per heavy atom. The smallest absolute Gasteiger partial charge is 0.0323 e. The maximum atomic E-state index is 2.42. The highest BCUT2D eigenvalue weighted by molar-refractivity contribution is 5.14. The summed E-state index contributed by atoms with van der Waals surface area (Å²) >= 11 is 0. The van der Waals surface area contributed by atoms with Gasteiger partial charge in [0, 0.05) is 0 Å². The van der Waals surface area contributed by atoms with E-state index in [1.54, 1.807) is 19.3 Å². The van der Waals surface area contributed by atoms with Crippen molar-refractivity contribution in [2.24, 2.45) is 29.6 Å². The molecule has 56 valence electrons. The van der Waals surface area contributed by atoms with Crippen molar-refractivity contribution in [1.82, 2.24) is 0 Å². The molecule has 10 heavy (non-hydrogen) atoms. The Labute approximate surface area is 63.0 Å². The van der Waals surface area contributed by atoms with Crippen LogP contribution in [-0.4, -0.2) is 0 Å². The van der Waals surface area contributed by atoms with E-state index in [4.69, 9.17) is 0 Å². The summed E-state index contributed by atoms with van der Waals surface area (Å²) < 4.78 is 0. The Kier molecular flexibility index (Phi) is 0.898. The Morgan fingerprint density at radius 3 is 2.20 bits per heavy atom. The van der Waals surface area contributed by atoms with Crippen LogP contribution in [0.25, 0.3) is 0 Å². The fourth-order valence-electron chi connectivity index (χ4n) is 3.13. The topological polar surface area (TPSA) is 0 Å². The predicted molar refractivity (Wildman–Crippen MR) is 41.6 cm³/mol. The van der Waals surface area contributed by atoms with Crippen LogP contribution < -0.4 is 0 Å². The molecule has 3 aliphatic rings. The number of hydrogen-bond acceptors (Lipinski definition) is 0. The monoisotopic (exact) mass is 136 g/mol. The zero-order chi connectivity index (χ0) is 6.72. The molecule has 0 aliphatic heterocycles. The fourth-order valence-corrected chi connectivity index (χ4v) is 3.13. The lowest BCUT2D eigenvalue weighted by atomic mass is 9.94. The van der Waals surface area contributed by atoms with E-state index in [1.165, 1.54) is 30.1 Å². The highest BCUT2D eigenvalue weighted by atomic mass is 14.7. The molecule has 0 heterocycles. The minimum Gasteiger partial charge on any atom is -0.0625 e. The van der Waals surface area contributed by atoms with Crippen LogP contribution in [0.15, 0.2) is 0 Å². The van der Waals surface area contributed by atoms with Crippen molar-refractivity contribution in [1.29, 1.82) is 0 Å². The SMILES string of the molecule is CC1CCC(C2C3CC32)C1. The molecule has 0 saturated heterocycles. The van der Waals surface area contributed by atoms with E-state index >= 15 is 0 Å². The summed E-state index contributed by atoms with van der Waals surface area (Å²) in [5, 5.41) is 0. The van der Waals surface area contributed by atoms with E-state index in [9.17, 15) is 0 Å². The van der Waals surface area contributed by atoms with Crippen molar-refractivity contribution in [2.75, 3.05) is 0 Å². The summed E-state index contributed by atoms with van der Waals surface area (Å²) in [6.45, 7) is 2.42. The summed E-state index contributed by atoms with van der Waals surface area (Å²) in [6, 6.07) is 0. The van der Waals surface area contributed by atoms with E-state index in [-0.39, 0.29) is 0 Å². The van der Waals surface area contributed by atoms with Crippen LogP contribution in [0, 0.1) is 29.6 Å². The Bertz CT molecular complexity index is 153. The summed E-state index contributed by atoms with van der Waals surface area (Å²) in [5.74, 6) is 5.97. The molecule has 0 radical (unpaired) electrons. The molecular weight excluding hydrogens is 120 g/mol. The van der Waals surface area contributed by atoms with Gasteiger partial charge in [0.15, 0.2) is 0 Å². The second-order valence-corrected chi connectivity index (χ2v) is 4.82. The molecule has 0 amide bonds. The van der Waals surface area contributed by atoms with Gasteiger partial charge in [-0.3, -0.25) is 0 Å². The molecule has 0 aromatic carbocycles. The maximum absolute atomic E-state index is 2.42. The van der Waals surface area contributed by atoms with Gasteiger partial charge in [-0.2, -0.15) is 0 Å². The molecule has 0 heteroatoms. The summed E-state index contributed by atoms with van der Waals surface area (Å²) in [7, 11) is 0. The molecule has 3 saturated carbocycles. The van der Waals surface area contributed by atoms with Crippen LogP contribution in [0.2, 0.25) is 0 Å². The molecule has 3 fully saturated rings. The second-order valence-electron chi connectivity index (χ2n) is 4.82. The quantitative estimate of drug-likeness (QED) is 0.520. The van der Waals surface area contributed by atoms with Crippen molar-refractivity contribution in [3.8, 4) is 0 Å². The van der Waals surface area contributed by atoms with Gasteiger partial charge < -0.3 is 0 Å². The van der Waals surface area contributed by atoms with Crippen LogP contribution >= 0.6 is 0 Å². The van der Waals surface area contributed by atoms with Gasteiger partial charge in [-0.05, 0) is 48.9 Å². The van der Waals surface area contributed by atoms with Gasteiger partial charge in [0.25, 0.3) is 0 Å². The third-order valence-electron chi connectivity index (χ3n) is 4.02. The first-order valence-corrected chi connectivity index (χ1v) is 4.86. The van der Waals surface area contributed by atoms with Gasteiger partial charge in [-0.25, -0.2) is 0 Å². The second kappa shape index (κ2) is 1.60. The Balaban J connectivity index is 1.63. The fraction of sp³-hybridized carbons (Fsp3) is 1.00. The molecular formula is C10H16. The molecule has 0 nitrogen and oxygen atoms in total. The van der Waals surface area contributed by atoms with Crippen molar-refractivity contribution in [2.45, 2.75) is 32.6 Å². The van der Waals surface area contributed by atoms with Crippen LogP contribution in [0.4, 0.5) is 0 Å². The molecule has 4 atom stereocenters. The zero-order valence-corrected chi connectivity index (χ0v) is 6.72. The largest absolute Gasteiger partial charge is 0.0625 e. The van der Waals surface area contributed by atoms with Crippen LogP contribution in [0.1, 0.15) is 32.6 Å². The summed E-state index contributed by atoms with van der Waals surface area (Å²) in [4.78, 5) is 0. The van der Waals surface area contributed by atoms with E-state index in [1.807, 2.05) is 0 Å². The molecule has 4 unspecified atom stereocenters. The lowest BCUT2D eigenvalue weighted by molar-refractivity contribution is 0.382. The molecule has 0 aromatic rings. The van der Waals surface area contributed by atoms with E-state index < -0.39 is 0 Å². The Hall–Kier alpha value is 0. The number of rotatable bonds is 1. The number of fused-ring (bicyclic) bond motifs is 1. The van der Waals surface area contributed by atoms with Gasteiger partial charge in [0.1, 0.15) is 0 Å². The van der Waals surface area contributed by atoms with Crippen LogP contribution in [0.5, 0.6) is 0 Å². The average molecular weight is 136 g/mol. The van der Waals surface area contributed by atoms with Crippen LogP contribution in [0.3, 0.4) is 0 Å². The van der Waals surface area contributed by atoms with Crippen molar-refractivity contribution in [3.05, 3.63) is 0 Å². The highest BCUT2D eigenvalue weighted by Gasteiger charge is 2.66.